The summed E-state index contributed by atoms with van der Waals surface area (Å²) in [6.07, 6.45) is 0. The maximum atomic E-state index is 6.12. The Kier molecular flexibility index (Phi) is 3.90. The van der Waals surface area contributed by atoms with Gasteiger partial charge in [0.1, 0.15) is 17.5 Å². The van der Waals surface area contributed by atoms with Crippen LogP contribution < -0.4 is 10.6 Å². The quantitative estimate of drug-likeness (QED) is 0.894. The highest BCUT2D eigenvalue weighted by molar-refractivity contribution is 6.31. The van der Waals surface area contributed by atoms with Crippen LogP contribution in [0.1, 0.15) is 17.0 Å². The highest BCUT2D eigenvalue weighted by Crippen LogP contribution is 2.28. The minimum atomic E-state index is 0.720. The number of aryl methyl sites for hydroxylation is 1. The molecule has 1 heterocycles. The van der Waals surface area contributed by atoms with Crippen molar-refractivity contribution < 1.29 is 0 Å². The molecule has 0 aliphatic heterocycles. The van der Waals surface area contributed by atoms with Crippen molar-refractivity contribution in [2.75, 3.05) is 17.7 Å². The monoisotopic (exact) mass is 276 g/mol. The Morgan fingerprint density at radius 3 is 2.37 bits per heavy atom. The normalized spacial score (nSPS) is 10.4. The molecule has 2 aromatic rings. The fourth-order valence-electron chi connectivity index (χ4n) is 1.86. The third-order valence-corrected chi connectivity index (χ3v) is 3.42. The van der Waals surface area contributed by atoms with Gasteiger partial charge < -0.3 is 10.6 Å². The summed E-state index contributed by atoms with van der Waals surface area (Å²) < 4.78 is 0. The van der Waals surface area contributed by atoms with E-state index in [-0.39, 0.29) is 0 Å². The molecule has 4 nitrogen and oxygen atoms in total. The van der Waals surface area contributed by atoms with E-state index >= 15 is 0 Å². The number of aromatic nitrogens is 2. The summed E-state index contributed by atoms with van der Waals surface area (Å²) in [7, 11) is 1.85. The molecule has 0 aliphatic rings. The van der Waals surface area contributed by atoms with Gasteiger partial charge in [0, 0.05) is 23.3 Å². The molecule has 5 heteroatoms. The van der Waals surface area contributed by atoms with Crippen LogP contribution in [0.4, 0.5) is 17.3 Å². The summed E-state index contributed by atoms with van der Waals surface area (Å²) in [4.78, 5) is 8.79. The van der Waals surface area contributed by atoms with Gasteiger partial charge in [-0.15, -0.1) is 0 Å². The van der Waals surface area contributed by atoms with Crippen LogP contribution in [0.3, 0.4) is 0 Å². The van der Waals surface area contributed by atoms with Crippen molar-refractivity contribution in [1.29, 1.82) is 0 Å². The Morgan fingerprint density at radius 1 is 1.00 bits per heavy atom. The van der Waals surface area contributed by atoms with Crippen molar-refractivity contribution in [3.05, 3.63) is 40.2 Å². The molecule has 0 atom stereocenters. The SMILES string of the molecule is CNc1nc(C)nc(Nc2cccc(Cl)c2C)c1C. The topological polar surface area (TPSA) is 49.8 Å². The van der Waals surface area contributed by atoms with Gasteiger partial charge in [-0.25, -0.2) is 9.97 Å². The van der Waals surface area contributed by atoms with Crippen LogP contribution in [0.15, 0.2) is 18.2 Å². The van der Waals surface area contributed by atoms with Crippen LogP contribution in [-0.4, -0.2) is 17.0 Å². The van der Waals surface area contributed by atoms with Crippen LogP contribution in [0.25, 0.3) is 0 Å². The average molecular weight is 277 g/mol. The highest BCUT2D eigenvalue weighted by Gasteiger charge is 2.10. The number of benzene rings is 1. The van der Waals surface area contributed by atoms with Gasteiger partial charge in [-0.05, 0) is 38.5 Å². The van der Waals surface area contributed by atoms with Crippen molar-refractivity contribution in [3.8, 4) is 0 Å². The van der Waals surface area contributed by atoms with Crippen molar-refractivity contribution in [1.82, 2.24) is 9.97 Å². The van der Waals surface area contributed by atoms with E-state index in [9.17, 15) is 0 Å². The molecule has 0 unspecified atom stereocenters. The molecule has 0 amide bonds. The second-order valence-electron chi connectivity index (χ2n) is 4.38. The van der Waals surface area contributed by atoms with E-state index in [1.807, 2.05) is 46.0 Å². The van der Waals surface area contributed by atoms with Crippen LogP contribution in [0.2, 0.25) is 5.02 Å². The van der Waals surface area contributed by atoms with Gasteiger partial charge in [0.2, 0.25) is 0 Å². The maximum Gasteiger partial charge on any atom is 0.139 e. The predicted molar refractivity (Wildman–Crippen MR) is 80.5 cm³/mol. The maximum absolute atomic E-state index is 6.12. The van der Waals surface area contributed by atoms with Gasteiger partial charge in [0.05, 0.1) is 0 Å². The van der Waals surface area contributed by atoms with Crippen LogP contribution in [0.5, 0.6) is 0 Å². The summed E-state index contributed by atoms with van der Waals surface area (Å²) in [6.45, 7) is 5.83. The second-order valence-corrected chi connectivity index (χ2v) is 4.79. The largest absolute Gasteiger partial charge is 0.373 e. The van der Waals surface area contributed by atoms with E-state index < -0.39 is 0 Å². The van der Waals surface area contributed by atoms with E-state index in [0.717, 1.165) is 39.3 Å². The summed E-state index contributed by atoms with van der Waals surface area (Å²) in [6, 6.07) is 5.77. The lowest BCUT2D eigenvalue weighted by atomic mass is 10.2. The molecule has 0 saturated heterocycles. The molecule has 100 valence electrons. The lowest BCUT2D eigenvalue weighted by Gasteiger charge is -2.14. The minimum Gasteiger partial charge on any atom is -0.373 e. The molecular formula is C14H17ClN4. The lowest BCUT2D eigenvalue weighted by Crippen LogP contribution is -2.05. The van der Waals surface area contributed by atoms with E-state index in [0.29, 0.717) is 0 Å². The summed E-state index contributed by atoms with van der Waals surface area (Å²) in [5.41, 5.74) is 2.94. The zero-order chi connectivity index (χ0) is 14.0. The van der Waals surface area contributed by atoms with E-state index in [1.165, 1.54) is 0 Å². The number of nitrogens with one attached hydrogen (secondary N) is 2. The molecular weight excluding hydrogens is 260 g/mol. The molecule has 0 fully saturated rings. The number of nitrogens with zero attached hydrogens (tertiary/aromatic N) is 2. The van der Waals surface area contributed by atoms with Crippen LogP contribution in [0, 0.1) is 20.8 Å². The molecule has 19 heavy (non-hydrogen) atoms. The number of hydrogen-bond acceptors (Lipinski definition) is 4. The molecule has 0 aliphatic carbocycles. The van der Waals surface area contributed by atoms with E-state index in [1.54, 1.807) is 0 Å². The standard InChI is InChI=1S/C14H17ClN4/c1-8-11(15)6-5-7-12(8)19-14-9(2)13(16-4)17-10(3)18-14/h5-7H,1-4H3,(H2,16,17,18,19). The Morgan fingerprint density at radius 2 is 1.68 bits per heavy atom. The minimum absolute atomic E-state index is 0.720. The van der Waals surface area contributed by atoms with Gasteiger partial charge in [0.25, 0.3) is 0 Å². The zero-order valence-corrected chi connectivity index (χ0v) is 12.3. The van der Waals surface area contributed by atoms with E-state index in [2.05, 4.69) is 20.6 Å². The Balaban J connectivity index is 2.43. The summed E-state index contributed by atoms with van der Waals surface area (Å²) >= 11 is 6.12. The summed E-state index contributed by atoms with van der Waals surface area (Å²) in [5, 5.41) is 7.13. The zero-order valence-electron chi connectivity index (χ0n) is 11.5. The third kappa shape index (κ3) is 2.79. The summed E-state index contributed by atoms with van der Waals surface area (Å²) in [5.74, 6) is 2.34. The fourth-order valence-corrected chi connectivity index (χ4v) is 2.04. The molecule has 2 N–H and O–H groups in total. The number of anilines is 3. The Bertz CT molecular complexity index is 611. The molecule has 1 aromatic heterocycles. The molecule has 0 saturated carbocycles. The van der Waals surface area contributed by atoms with Crippen LogP contribution >= 0.6 is 11.6 Å². The van der Waals surface area contributed by atoms with Crippen LogP contribution in [-0.2, 0) is 0 Å². The first-order valence-corrected chi connectivity index (χ1v) is 6.46. The molecule has 0 bridgehead atoms. The smallest absolute Gasteiger partial charge is 0.139 e. The third-order valence-electron chi connectivity index (χ3n) is 3.02. The number of halogens is 1. The Labute approximate surface area is 118 Å². The second kappa shape index (κ2) is 5.45. The molecule has 2 rings (SSSR count). The highest BCUT2D eigenvalue weighted by atomic mass is 35.5. The lowest BCUT2D eigenvalue weighted by molar-refractivity contribution is 1.03. The number of rotatable bonds is 3. The van der Waals surface area contributed by atoms with Gasteiger partial charge in [-0.1, -0.05) is 17.7 Å². The van der Waals surface area contributed by atoms with Gasteiger partial charge in [-0.2, -0.15) is 0 Å². The molecule has 1 aromatic carbocycles. The van der Waals surface area contributed by atoms with E-state index in [4.69, 9.17) is 11.6 Å². The fraction of sp³-hybridized carbons (Fsp3) is 0.286. The first-order chi connectivity index (χ1) is 9.02. The number of hydrogen-bond donors (Lipinski definition) is 2. The van der Waals surface area contributed by atoms with Gasteiger partial charge in [-0.3, -0.25) is 0 Å². The van der Waals surface area contributed by atoms with Crippen molar-refractivity contribution in [2.45, 2.75) is 20.8 Å². The predicted octanol–water partition coefficient (Wildman–Crippen LogP) is 3.84. The Hall–Kier alpha value is -1.81. The van der Waals surface area contributed by atoms with Crippen molar-refractivity contribution in [2.24, 2.45) is 0 Å². The van der Waals surface area contributed by atoms with Crippen molar-refractivity contribution >= 4 is 28.9 Å². The van der Waals surface area contributed by atoms with Gasteiger partial charge >= 0.3 is 0 Å². The molecule has 0 radical (unpaired) electrons. The first-order valence-electron chi connectivity index (χ1n) is 6.08. The van der Waals surface area contributed by atoms with Crippen molar-refractivity contribution in [3.63, 3.8) is 0 Å². The first kappa shape index (κ1) is 13.6. The van der Waals surface area contributed by atoms with Gasteiger partial charge in [0.15, 0.2) is 0 Å². The molecule has 0 spiro atoms. The average Bonchev–Trinajstić information content (AvgIpc) is 2.38.